The Kier molecular flexibility index (Phi) is 3.54. The molecule has 84 valence electrons. The molecule has 16 heavy (non-hydrogen) atoms. The summed E-state index contributed by atoms with van der Waals surface area (Å²) in [5.74, 6) is -2.39. The third kappa shape index (κ3) is 3.05. The number of hydrogen-bond donors (Lipinski definition) is 3. The molecule has 2 amide bonds. The van der Waals surface area contributed by atoms with Gasteiger partial charge in [0.2, 0.25) is 5.91 Å². The first-order valence-electron chi connectivity index (χ1n) is 4.26. The summed E-state index contributed by atoms with van der Waals surface area (Å²) in [6, 6.07) is 2.49. The molecule has 0 unspecified atom stereocenters. The van der Waals surface area contributed by atoms with Crippen molar-refractivity contribution in [3.63, 3.8) is 0 Å². The topological polar surface area (TPSA) is 122 Å². The van der Waals surface area contributed by atoms with E-state index in [9.17, 15) is 14.4 Å². The van der Waals surface area contributed by atoms with E-state index >= 15 is 0 Å². The first-order valence-corrected chi connectivity index (χ1v) is 4.26. The molecule has 1 rings (SSSR count). The van der Waals surface area contributed by atoms with Crippen LogP contribution in [0.25, 0.3) is 0 Å². The van der Waals surface area contributed by atoms with Crippen LogP contribution in [0.4, 0.5) is 0 Å². The van der Waals surface area contributed by atoms with E-state index < -0.39 is 17.8 Å². The van der Waals surface area contributed by atoms with E-state index in [4.69, 9.17) is 10.8 Å². The highest BCUT2D eigenvalue weighted by molar-refractivity contribution is 5.95. The first-order chi connectivity index (χ1) is 7.50. The summed E-state index contributed by atoms with van der Waals surface area (Å²) in [7, 11) is 0. The largest absolute Gasteiger partial charge is 0.478 e. The highest BCUT2D eigenvalue weighted by Gasteiger charge is 2.09. The number of carboxylic acids is 1. The number of nitrogens with one attached hydrogen (secondary N) is 1. The molecule has 1 aromatic rings. The predicted molar refractivity (Wildman–Crippen MR) is 52.7 cm³/mol. The van der Waals surface area contributed by atoms with Crippen LogP contribution in [0.3, 0.4) is 0 Å². The Morgan fingerprint density at radius 1 is 1.38 bits per heavy atom. The van der Waals surface area contributed by atoms with Crippen LogP contribution in [0.2, 0.25) is 0 Å². The van der Waals surface area contributed by atoms with Crippen LogP contribution in [-0.2, 0) is 4.79 Å². The Balaban J connectivity index is 2.70. The first kappa shape index (κ1) is 11.6. The van der Waals surface area contributed by atoms with Gasteiger partial charge in [-0.2, -0.15) is 0 Å². The normalized spacial score (nSPS) is 9.50. The zero-order valence-electron chi connectivity index (χ0n) is 8.14. The predicted octanol–water partition coefficient (Wildman–Crippen LogP) is -1.01. The molecule has 0 aliphatic heterocycles. The van der Waals surface area contributed by atoms with Crippen LogP contribution in [0, 0.1) is 0 Å². The summed E-state index contributed by atoms with van der Waals surface area (Å²) in [6.07, 6.45) is 1.06. The number of amides is 2. The molecule has 4 N–H and O–H groups in total. The van der Waals surface area contributed by atoms with Crippen molar-refractivity contribution in [2.45, 2.75) is 0 Å². The lowest BCUT2D eigenvalue weighted by molar-refractivity contribution is -0.117. The number of carbonyl (C=O) groups is 3. The van der Waals surface area contributed by atoms with E-state index in [2.05, 4.69) is 10.3 Å². The number of carbonyl (C=O) groups excluding carboxylic acids is 2. The van der Waals surface area contributed by atoms with Crippen molar-refractivity contribution in [2.75, 3.05) is 6.54 Å². The monoisotopic (exact) mass is 223 g/mol. The molecule has 1 heterocycles. The fraction of sp³-hybridized carbons (Fsp3) is 0.111. The minimum atomic E-state index is -1.13. The molecule has 0 aliphatic rings. The van der Waals surface area contributed by atoms with Gasteiger partial charge in [0.05, 0.1) is 12.1 Å². The van der Waals surface area contributed by atoms with Gasteiger partial charge in [0.15, 0.2) is 0 Å². The fourth-order valence-electron chi connectivity index (χ4n) is 0.913. The lowest BCUT2D eigenvalue weighted by atomic mass is 10.2. The lowest BCUT2D eigenvalue weighted by Crippen LogP contribution is -2.33. The standard InChI is InChI=1S/C9H9N3O4/c10-7(13)4-12-8(14)6-2-1-5(3-11-6)9(15)16/h1-3H,4H2,(H2,10,13)(H,12,14)(H,15,16). The van der Waals surface area contributed by atoms with Crippen molar-refractivity contribution in [3.05, 3.63) is 29.6 Å². The fourth-order valence-corrected chi connectivity index (χ4v) is 0.913. The van der Waals surface area contributed by atoms with E-state index in [-0.39, 0.29) is 17.8 Å². The van der Waals surface area contributed by atoms with Crippen molar-refractivity contribution in [2.24, 2.45) is 5.73 Å². The van der Waals surface area contributed by atoms with Gasteiger partial charge in [0, 0.05) is 6.20 Å². The average Bonchev–Trinajstić information content (AvgIpc) is 2.26. The van der Waals surface area contributed by atoms with Crippen molar-refractivity contribution in [1.82, 2.24) is 10.3 Å². The minimum Gasteiger partial charge on any atom is -0.478 e. The summed E-state index contributed by atoms with van der Waals surface area (Å²) >= 11 is 0. The number of nitrogens with zero attached hydrogens (tertiary/aromatic N) is 1. The number of pyridine rings is 1. The molecule has 0 aliphatic carbocycles. The molecule has 7 nitrogen and oxygen atoms in total. The van der Waals surface area contributed by atoms with Gasteiger partial charge in [0.1, 0.15) is 5.69 Å². The van der Waals surface area contributed by atoms with Crippen LogP contribution in [0.5, 0.6) is 0 Å². The number of aromatic carboxylic acids is 1. The van der Waals surface area contributed by atoms with Crippen LogP contribution in [0.15, 0.2) is 18.3 Å². The Hall–Kier alpha value is -2.44. The van der Waals surface area contributed by atoms with E-state index in [1.165, 1.54) is 12.1 Å². The third-order valence-corrected chi connectivity index (χ3v) is 1.67. The van der Waals surface area contributed by atoms with E-state index in [1.54, 1.807) is 0 Å². The maximum Gasteiger partial charge on any atom is 0.337 e. The third-order valence-electron chi connectivity index (χ3n) is 1.67. The van der Waals surface area contributed by atoms with E-state index in [0.29, 0.717) is 0 Å². The molecule has 0 bridgehead atoms. The zero-order chi connectivity index (χ0) is 12.1. The highest BCUT2D eigenvalue weighted by Crippen LogP contribution is 1.99. The van der Waals surface area contributed by atoms with Crippen LogP contribution >= 0.6 is 0 Å². The van der Waals surface area contributed by atoms with Gasteiger partial charge >= 0.3 is 5.97 Å². The number of hydrogen-bond acceptors (Lipinski definition) is 4. The molecule has 7 heteroatoms. The maximum atomic E-state index is 11.3. The molecule has 0 spiro atoms. The molecule has 0 saturated carbocycles. The molecule has 0 aromatic carbocycles. The zero-order valence-corrected chi connectivity index (χ0v) is 8.14. The van der Waals surface area contributed by atoms with E-state index in [1.807, 2.05) is 0 Å². The Bertz CT molecular complexity index is 427. The number of carboxylic acid groups (broad SMARTS) is 1. The number of aromatic nitrogens is 1. The Morgan fingerprint density at radius 2 is 2.06 bits per heavy atom. The van der Waals surface area contributed by atoms with E-state index in [0.717, 1.165) is 6.20 Å². The lowest BCUT2D eigenvalue weighted by Gasteiger charge is -2.01. The van der Waals surface area contributed by atoms with Crippen molar-refractivity contribution in [1.29, 1.82) is 0 Å². The van der Waals surface area contributed by atoms with Crippen LogP contribution in [-0.4, -0.2) is 34.4 Å². The summed E-state index contributed by atoms with van der Waals surface area (Å²) in [4.78, 5) is 35.8. The summed E-state index contributed by atoms with van der Waals surface area (Å²) in [5.41, 5.74) is 4.83. The molecule has 1 aromatic heterocycles. The summed E-state index contributed by atoms with van der Waals surface area (Å²) in [6.45, 7) is -0.290. The second-order valence-electron chi connectivity index (χ2n) is 2.89. The Morgan fingerprint density at radius 3 is 2.50 bits per heavy atom. The van der Waals surface area contributed by atoms with Gasteiger partial charge in [-0.05, 0) is 12.1 Å². The molecule has 0 atom stereocenters. The maximum absolute atomic E-state index is 11.3. The highest BCUT2D eigenvalue weighted by atomic mass is 16.4. The second-order valence-corrected chi connectivity index (χ2v) is 2.89. The average molecular weight is 223 g/mol. The SMILES string of the molecule is NC(=O)CNC(=O)c1ccc(C(=O)O)cn1. The van der Waals surface area contributed by atoms with Gasteiger partial charge in [0.25, 0.3) is 5.91 Å². The van der Waals surface area contributed by atoms with Crippen LogP contribution < -0.4 is 11.1 Å². The summed E-state index contributed by atoms with van der Waals surface area (Å²) < 4.78 is 0. The number of rotatable bonds is 4. The van der Waals surface area contributed by atoms with Gasteiger partial charge in [-0.15, -0.1) is 0 Å². The molecule has 0 radical (unpaired) electrons. The van der Waals surface area contributed by atoms with Crippen LogP contribution in [0.1, 0.15) is 20.8 Å². The Labute approximate surface area is 90.3 Å². The minimum absolute atomic E-state index is 0.0197. The van der Waals surface area contributed by atoms with Crippen molar-refractivity contribution >= 4 is 17.8 Å². The van der Waals surface area contributed by atoms with Gasteiger partial charge < -0.3 is 16.2 Å². The van der Waals surface area contributed by atoms with Crippen molar-refractivity contribution in [3.8, 4) is 0 Å². The van der Waals surface area contributed by atoms with Gasteiger partial charge in [-0.3, -0.25) is 14.6 Å². The smallest absolute Gasteiger partial charge is 0.337 e. The number of nitrogens with two attached hydrogens (primary N) is 1. The van der Waals surface area contributed by atoms with Crippen molar-refractivity contribution < 1.29 is 19.5 Å². The molecule has 0 fully saturated rings. The second kappa shape index (κ2) is 4.87. The molecular weight excluding hydrogens is 214 g/mol. The summed E-state index contributed by atoms with van der Waals surface area (Å²) in [5, 5.41) is 10.8. The quantitative estimate of drug-likeness (QED) is 0.603. The van der Waals surface area contributed by atoms with Gasteiger partial charge in [-0.25, -0.2) is 4.79 Å². The molecular formula is C9H9N3O4. The van der Waals surface area contributed by atoms with Gasteiger partial charge in [-0.1, -0.05) is 0 Å². The number of primary amides is 1. The molecule has 0 saturated heterocycles.